The Balaban J connectivity index is 2.92. The fourth-order valence-corrected chi connectivity index (χ4v) is 3.85. The molecule has 0 N–H and O–H groups in total. The van der Waals surface area contributed by atoms with E-state index < -0.39 is 14.1 Å². The predicted octanol–water partition coefficient (Wildman–Crippen LogP) is 0.403. The van der Waals surface area contributed by atoms with Crippen molar-refractivity contribution in [3.05, 3.63) is 0 Å². The molecule has 0 aliphatic carbocycles. The van der Waals surface area contributed by atoms with Crippen molar-refractivity contribution in [1.82, 2.24) is 3.92 Å². The summed E-state index contributed by atoms with van der Waals surface area (Å²) >= 11 is -1.97. The maximum absolute atomic E-state index is 11.2. The van der Waals surface area contributed by atoms with E-state index in [1.807, 2.05) is 13.8 Å². The molecule has 0 spiro atoms. The van der Waals surface area contributed by atoms with Crippen molar-refractivity contribution in [2.24, 2.45) is 5.41 Å². The molecule has 1 aliphatic heterocycles. The average molecular weight is 208 g/mol. The second-order valence-electron chi connectivity index (χ2n) is 3.15. The van der Waals surface area contributed by atoms with E-state index >= 15 is 0 Å². The number of hydrogen-bond donors (Lipinski definition) is 0. The van der Waals surface area contributed by atoms with Crippen molar-refractivity contribution < 1.29 is 8.63 Å². The normalized spacial score (nSPS) is 31.3. The van der Waals surface area contributed by atoms with Crippen LogP contribution in [-0.2, 0) is 8.63 Å². The zero-order valence-electron chi connectivity index (χ0n) is 6.38. The van der Waals surface area contributed by atoms with Gasteiger partial charge in [0, 0.05) is 0 Å². The Morgan fingerprint density at radius 2 is 2.10 bits per heavy atom. The summed E-state index contributed by atoms with van der Waals surface area (Å²) in [5.41, 5.74) is -0.374. The summed E-state index contributed by atoms with van der Waals surface area (Å²) in [6.07, 6.45) is 0. The van der Waals surface area contributed by atoms with Crippen LogP contribution in [0.1, 0.15) is 13.8 Å². The Morgan fingerprint density at radius 3 is 2.20 bits per heavy atom. The van der Waals surface area contributed by atoms with E-state index in [1.54, 1.807) is 7.05 Å². The van der Waals surface area contributed by atoms with E-state index in [-0.39, 0.29) is 11.3 Å². The summed E-state index contributed by atoms with van der Waals surface area (Å²) in [7, 11) is 1.62. The quantitative estimate of drug-likeness (QED) is 0.540. The molecular weight excluding hydrogens is 197 g/mol. The van der Waals surface area contributed by atoms with Gasteiger partial charge < -0.3 is 0 Å². The van der Waals surface area contributed by atoms with E-state index in [1.165, 1.54) is 3.92 Å². The van der Waals surface area contributed by atoms with Crippen LogP contribution in [0.2, 0.25) is 5.32 Å². The molecule has 0 aromatic heterocycles. The van der Waals surface area contributed by atoms with Crippen molar-refractivity contribution in [1.29, 1.82) is 0 Å². The number of rotatable bonds is 0. The predicted molar refractivity (Wildman–Crippen MR) is 37.8 cm³/mol. The molecule has 0 aromatic carbocycles. The first-order chi connectivity index (χ1) is 4.45. The summed E-state index contributed by atoms with van der Waals surface area (Å²) in [5, 5.41) is 0.558. The summed E-state index contributed by atoms with van der Waals surface area (Å²) in [5.74, 6) is 0.0208. The molecule has 1 heterocycles. The SMILES string of the molecule is CN1C(=O)C(C)(C)C[Se]1=O. The molecule has 1 amide bonds. The van der Waals surface area contributed by atoms with Gasteiger partial charge in [0.15, 0.2) is 0 Å². The van der Waals surface area contributed by atoms with Crippen LogP contribution in [0.25, 0.3) is 0 Å². The van der Waals surface area contributed by atoms with Gasteiger partial charge >= 0.3 is 64.1 Å². The molecule has 1 atom stereocenters. The third kappa shape index (κ3) is 1.02. The van der Waals surface area contributed by atoms with Crippen LogP contribution < -0.4 is 0 Å². The van der Waals surface area contributed by atoms with Gasteiger partial charge in [-0.05, 0) is 0 Å². The van der Waals surface area contributed by atoms with Crippen LogP contribution in [-0.4, -0.2) is 30.9 Å². The summed E-state index contributed by atoms with van der Waals surface area (Å²) in [4.78, 5) is 11.2. The summed E-state index contributed by atoms with van der Waals surface area (Å²) in [6, 6.07) is 0. The van der Waals surface area contributed by atoms with Gasteiger partial charge in [0.1, 0.15) is 0 Å². The molecule has 10 heavy (non-hydrogen) atoms. The van der Waals surface area contributed by atoms with Crippen molar-refractivity contribution >= 4 is 20.0 Å². The first kappa shape index (κ1) is 7.89. The molecule has 3 nitrogen and oxygen atoms in total. The zero-order valence-corrected chi connectivity index (χ0v) is 8.09. The number of amides is 1. The van der Waals surface area contributed by atoms with Crippen molar-refractivity contribution in [2.45, 2.75) is 19.2 Å². The van der Waals surface area contributed by atoms with Crippen LogP contribution in [0.3, 0.4) is 0 Å². The van der Waals surface area contributed by atoms with Crippen molar-refractivity contribution in [3.63, 3.8) is 0 Å². The number of nitrogens with zero attached hydrogens (tertiary/aromatic N) is 1. The van der Waals surface area contributed by atoms with Gasteiger partial charge in [-0.1, -0.05) is 0 Å². The number of hydrogen-bond acceptors (Lipinski definition) is 2. The molecule has 0 aromatic rings. The van der Waals surface area contributed by atoms with Gasteiger partial charge in [0.05, 0.1) is 0 Å². The van der Waals surface area contributed by atoms with Crippen LogP contribution in [0.15, 0.2) is 0 Å². The van der Waals surface area contributed by atoms with Crippen LogP contribution >= 0.6 is 0 Å². The maximum atomic E-state index is 11.2. The van der Waals surface area contributed by atoms with E-state index in [2.05, 4.69) is 0 Å². The second kappa shape index (κ2) is 2.14. The minimum absolute atomic E-state index is 0.0208. The van der Waals surface area contributed by atoms with Crippen molar-refractivity contribution in [2.75, 3.05) is 7.05 Å². The summed E-state index contributed by atoms with van der Waals surface area (Å²) < 4.78 is 12.5. The Bertz CT molecular complexity index is 200. The first-order valence-corrected chi connectivity index (χ1v) is 5.79. The molecule has 1 aliphatic rings. The van der Waals surface area contributed by atoms with Crippen LogP contribution in [0.5, 0.6) is 0 Å². The fraction of sp³-hybridized carbons (Fsp3) is 0.833. The Labute approximate surface area is 64.7 Å². The molecule has 0 saturated carbocycles. The molecular formula is C6H11NO2Se. The molecule has 1 saturated heterocycles. The van der Waals surface area contributed by atoms with E-state index in [0.29, 0.717) is 5.32 Å². The molecule has 1 fully saturated rings. The second-order valence-corrected chi connectivity index (χ2v) is 6.26. The minimum atomic E-state index is -1.97. The number of carbonyl (C=O) groups is 1. The topological polar surface area (TPSA) is 37.4 Å². The van der Waals surface area contributed by atoms with Gasteiger partial charge in [-0.2, -0.15) is 0 Å². The monoisotopic (exact) mass is 209 g/mol. The Kier molecular flexibility index (Phi) is 1.69. The van der Waals surface area contributed by atoms with E-state index in [4.69, 9.17) is 0 Å². The third-order valence-electron chi connectivity index (χ3n) is 1.65. The molecule has 0 bridgehead atoms. The van der Waals surface area contributed by atoms with Gasteiger partial charge in [0.25, 0.3) is 0 Å². The molecule has 58 valence electrons. The molecule has 4 heteroatoms. The van der Waals surface area contributed by atoms with Crippen molar-refractivity contribution in [3.8, 4) is 0 Å². The first-order valence-electron chi connectivity index (χ1n) is 3.12. The Hall–Kier alpha value is -0.211. The van der Waals surface area contributed by atoms with Gasteiger partial charge in [-0.15, -0.1) is 0 Å². The van der Waals surface area contributed by atoms with Gasteiger partial charge in [-0.25, -0.2) is 0 Å². The average Bonchev–Trinajstić information content (AvgIpc) is 1.95. The van der Waals surface area contributed by atoms with Gasteiger partial charge in [-0.3, -0.25) is 0 Å². The standard InChI is InChI=1S/C6H11NO2Se/c1-6(2)4-10(9)7(3)5(6)8/h4H2,1-3H3. The van der Waals surface area contributed by atoms with Gasteiger partial charge in [0.2, 0.25) is 0 Å². The van der Waals surface area contributed by atoms with E-state index in [0.717, 1.165) is 0 Å². The fourth-order valence-electron chi connectivity index (χ4n) is 0.986. The zero-order chi connectivity index (χ0) is 7.94. The van der Waals surface area contributed by atoms with E-state index in [9.17, 15) is 8.63 Å². The molecule has 0 radical (unpaired) electrons. The third-order valence-corrected chi connectivity index (χ3v) is 5.32. The summed E-state index contributed by atoms with van der Waals surface area (Å²) in [6.45, 7) is 3.68. The molecule has 1 unspecified atom stereocenters. The molecule has 1 rings (SSSR count). The number of carbonyl (C=O) groups excluding carboxylic acids is 1. The Morgan fingerprint density at radius 1 is 1.60 bits per heavy atom. The van der Waals surface area contributed by atoms with Crippen LogP contribution in [0, 0.1) is 5.41 Å². The van der Waals surface area contributed by atoms with Crippen LogP contribution in [0.4, 0.5) is 0 Å².